The summed E-state index contributed by atoms with van der Waals surface area (Å²) < 4.78 is 5.29. The predicted octanol–water partition coefficient (Wildman–Crippen LogP) is 2.18. The maximum absolute atomic E-state index is 12.2. The molecule has 6 heteroatoms. The normalized spacial score (nSPS) is 13.7. The van der Waals surface area contributed by atoms with E-state index in [0.29, 0.717) is 24.2 Å². The summed E-state index contributed by atoms with van der Waals surface area (Å²) in [6.45, 7) is 2.47. The molecule has 1 aliphatic rings. The van der Waals surface area contributed by atoms with Crippen LogP contribution in [0.15, 0.2) is 42.5 Å². The van der Waals surface area contributed by atoms with Crippen LogP contribution in [0, 0.1) is 0 Å². The Morgan fingerprint density at radius 3 is 2.62 bits per heavy atom. The Kier molecular flexibility index (Phi) is 5.53. The fraction of sp³-hybridized carbons (Fsp3) is 0.300. The summed E-state index contributed by atoms with van der Waals surface area (Å²) in [5, 5.41) is 2.85. The minimum Gasteiger partial charge on any atom is -0.497 e. The van der Waals surface area contributed by atoms with Gasteiger partial charge in [0.25, 0.3) is 0 Å². The van der Waals surface area contributed by atoms with E-state index in [1.807, 2.05) is 6.07 Å². The van der Waals surface area contributed by atoms with E-state index in [-0.39, 0.29) is 5.91 Å². The third kappa shape index (κ3) is 4.40. The van der Waals surface area contributed by atoms with Crippen LogP contribution in [0.4, 0.5) is 5.69 Å². The van der Waals surface area contributed by atoms with Crippen molar-refractivity contribution in [3.63, 3.8) is 0 Å². The van der Waals surface area contributed by atoms with Gasteiger partial charge >= 0.3 is 0 Å². The first-order valence-corrected chi connectivity index (χ1v) is 8.63. The van der Waals surface area contributed by atoms with Gasteiger partial charge < -0.3 is 15.8 Å². The highest BCUT2D eigenvalue weighted by molar-refractivity contribution is 5.94. The molecule has 0 atom stereocenters. The summed E-state index contributed by atoms with van der Waals surface area (Å²) in [4.78, 5) is 25.5. The lowest BCUT2D eigenvalue weighted by Gasteiger charge is -2.28. The van der Waals surface area contributed by atoms with Gasteiger partial charge in [-0.3, -0.25) is 14.5 Å². The molecule has 0 radical (unpaired) electrons. The second-order valence-electron chi connectivity index (χ2n) is 6.40. The second-order valence-corrected chi connectivity index (χ2v) is 6.40. The van der Waals surface area contributed by atoms with Crippen molar-refractivity contribution >= 4 is 17.5 Å². The molecule has 2 aromatic rings. The number of anilines is 1. The van der Waals surface area contributed by atoms with Crippen molar-refractivity contribution in [3.8, 4) is 5.75 Å². The van der Waals surface area contributed by atoms with E-state index >= 15 is 0 Å². The maximum Gasteiger partial charge on any atom is 0.248 e. The molecular weight excluding hydrogens is 330 g/mol. The number of methoxy groups -OCH3 is 1. The highest BCUT2D eigenvalue weighted by Crippen LogP contribution is 2.23. The summed E-state index contributed by atoms with van der Waals surface area (Å²) in [5.41, 5.74) is 8.90. The Bertz CT molecular complexity index is 802. The van der Waals surface area contributed by atoms with Gasteiger partial charge in [-0.2, -0.15) is 0 Å². The molecule has 2 amide bonds. The van der Waals surface area contributed by atoms with E-state index in [9.17, 15) is 9.59 Å². The summed E-state index contributed by atoms with van der Waals surface area (Å²) in [6.07, 6.45) is 1.40. The van der Waals surface area contributed by atoms with Crippen LogP contribution in [0.2, 0.25) is 0 Å². The van der Waals surface area contributed by atoms with E-state index < -0.39 is 5.91 Å². The lowest BCUT2D eigenvalue weighted by atomic mass is 9.99. The van der Waals surface area contributed by atoms with Crippen LogP contribution in [0.25, 0.3) is 0 Å². The monoisotopic (exact) mass is 353 g/mol. The van der Waals surface area contributed by atoms with Crippen molar-refractivity contribution in [2.45, 2.75) is 19.4 Å². The quantitative estimate of drug-likeness (QED) is 0.834. The van der Waals surface area contributed by atoms with Crippen LogP contribution >= 0.6 is 0 Å². The first-order valence-electron chi connectivity index (χ1n) is 8.63. The van der Waals surface area contributed by atoms with Crippen molar-refractivity contribution in [2.24, 2.45) is 5.73 Å². The average Bonchev–Trinajstić information content (AvgIpc) is 2.66. The minimum atomic E-state index is -0.482. The number of nitrogens with zero attached hydrogens (tertiary/aromatic N) is 1. The number of primary amides is 1. The maximum atomic E-state index is 12.2. The number of hydrogen-bond donors (Lipinski definition) is 2. The van der Waals surface area contributed by atoms with Crippen LogP contribution in [-0.4, -0.2) is 36.9 Å². The Morgan fingerprint density at radius 2 is 1.92 bits per heavy atom. The predicted molar refractivity (Wildman–Crippen MR) is 100 cm³/mol. The smallest absolute Gasteiger partial charge is 0.248 e. The second kappa shape index (κ2) is 8.01. The average molecular weight is 353 g/mol. The van der Waals surface area contributed by atoms with Gasteiger partial charge in [0.2, 0.25) is 11.8 Å². The van der Waals surface area contributed by atoms with E-state index in [1.165, 1.54) is 11.1 Å². The van der Waals surface area contributed by atoms with Crippen LogP contribution < -0.4 is 15.8 Å². The zero-order valence-electron chi connectivity index (χ0n) is 14.8. The number of rotatable bonds is 6. The van der Waals surface area contributed by atoms with Crippen molar-refractivity contribution < 1.29 is 14.3 Å². The lowest BCUT2D eigenvalue weighted by molar-refractivity contribution is -0.116. The molecule has 6 nitrogen and oxygen atoms in total. The summed E-state index contributed by atoms with van der Waals surface area (Å²) >= 11 is 0. The standard InChI is InChI=1S/C20H23N3O3/c1-26-18-7-4-14-8-10-23(13-16(14)12-18)11-9-19(24)22-17-5-2-15(3-6-17)20(21)25/h2-7,12H,8-11,13H2,1H3,(H2,21,25)(H,22,24). The zero-order valence-corrected chi connectivity index (χ0v) is 14.8. The summed E-state index contributed by atoms with van der Waals surface area (Å²) in [6, 6.07) is 12.8. The Morgan fingerprint density at radius 1 is 1.15 bits per heavy atom. The topological polar surface area (TPSA) is 84.7 Å². The van der Waals surface area contributed by atoms with Gasteiger partial charge in [-0.25, -0.2) is 0 Å². The molecule has 0 saturated carbocycles. The van der Waals surface area contributed by atoms with E-state index in [4.69, 9.17) is 10.5 Å². The third-order valence-corrected chi connectivity index (χ3v) is 4.61. The molecular formula is C20H23N3O3. The Labute approximate surface area is 152 Å². The van der Waals surface area contributed by atoms with Gasteiger partial charge in [-0.1, -0.05) is 6.07 Å². The van der Waals surface area contributed by atoms with Crippen LogP contribution in [0.1, 0.15) is 27.9 Å². The number of carbonyl (C=O) groups excluding carboxylic acids is 2. The molecule has 1 aliphatic heterocycles. The van der Waals surface area contributed by atoms with Crippen molar-refractivity contribution in [2.75, 3.05) is 25.5 Å². The molecule has 0 spiro atoms. The lowest BCUT2D eigenvalue weighted by Crippen LogP contribution is -2.33. The number of amides is 2. The molecule has 0 saturated heterocycles. The molecule has 3 rings (SSSR count). The molecule has 0 aromatic heterocycles. The molecule has 26 heavy (non-hydrogen) atoms. The highest BCUT2D eigenvalue weighted by atomic mass is 16.5. The number of nitrogens with one attached hydrogen (secondary N) is 1. The van der Waals surface area contributed by atoms with Crippen molar-refractivity contribution in [3.05, 3.63) is 59.2 Å². The van der Waals surface area contributed by atoms with Gasteiger partial charge in [0, 0.05) is 37.3 Å². The number of nitrogens with two attached hydrogens (primary N) is 1. The van der Waals surface area contributed by atoms with Gasteiger partial charge in [0.1, 0.15) is 5.75 Å². The van der Waals surface area contributed by atoms with Gasteiger partial charge in [0.15, 0.2) is 0 Å². The van der Waals surface area contributed by atoms with E-state index in [2.05, 4.69) is 22.3 Å². The minimum absolute atomic E-state index is 0.0479. The van der Waals surface area contributed by atoms with Gasteiger partial charge in [-0.15, -0.1) is 0 Å². The van der Waals surface area contributed by atoms with Crippen LogP contribution in [-0.2, 0) is 17.8 Å². The first kappa shape index (κ1) is 17.9. The van der Waals surface area contributed by atoms with Gasteiger partial charge in [-0.05, 0) is 53.9 Å². The number of fused-ring (bicyclic) bond motifs is 1. The Balaban J connectivity index is 1.51. The third-order valence-electron chi connectivity index (χ3n) is 4.61. The van der Waals surface area contributed by atoms with Gasteiger partial charge in [0.05, 0.1) is 7.11 Å². The zero-order chi connectivity index (χ0) is 18.5. The fourth-order valence-corrected chi connectivity index (χ4v) is 3.11. The van der Waals surface area contributed by atoms with E-state index in [1.54, 1.807) is 31.4 Å². The molecule has 0 aliphatic carbocycles. The summed E-state index contributed by atoms with van der Waals surface area (Å²) in [7, 11) is 1.67. The molecule has 0 unspecified atom stereocenters. The molecule has 136 valence electrons. The fourth-order valence-electron chi connectivity index (χ4n) is 3.11. The van der Waals surface area contributed by atoms with Crippen LogP contribution in [0.5, 0.6) is 5.75 Å². The van der Waals surface area contributed by atoms with E-state index in [0.717, 1.165) is 25.3 Å². The SMILES string of the molecule is COc1ccc2c(c1)CN(CCC(=O)Nc1ccc(C(N)=O)cc1)CC2. The molecule has 2 aromatic carbocycles. The number of carbonyl (C=O) groups is 2. The summed E-state index contributed by atoms with van der Waals surface area (Å²) in [5.74, 6) is 0.334. The van der Waals surface area contributed by atoms with Crippen molar-refractivity contribution in [1.82, 2.24) is 4.90 Å². The number of benzene rings is 2. The first-order chi connectivity index (χ1) is 12.5. The Hall–Kier alpha value is -2.86. The number of hydrogen-bond acceptors (Lipinski definition) is 4. The number of ether oxygens (including phenoxy) is 1. The molecule has 1 heterocycles. The van der Waals surface area contributed by atoms with Crippen LogP contribution in [0.3, 0.4) is 0 Å². The molecule has 3 N–H and O–H groups in total. The molecule has 0 fully saturated rings. The molecule has 0 bridgehead atoms. The largest absolute Gasteiger partial charge is 0.497 e. The highest BCUT2D eigenvalue weighted by Gasteiger charge is 2.17. The van der Waals surface area contributed by atoms with Crippen molar-refractivity contribution in [1.29, 1.82) is 0 Å².